The lowest BCUT2D eigenvalue weighted by molar-refractivity contribution is 0.102. The van der Waals surface area contributed by atoms with Crippen molar-refractivity contribution >= 4 is 11.6 Å². The van der Waals surface area contributed by atoms with Crippen molar-refractivity contribution in [3.05, 3.63) is 36.0 Å². The number of nitrogens with one attached hydrogen (secondary N) is 1. The monoisotopic (exact) mass is 333 g/mol. The molecule has 0 radical (unpaired) electrons. The highest BCUT2D eigenvalue weighted by Gasteiger charge is 2.21. The zero-order valence-electron chi connectivity index (χ0n) is 14.3. The fourth-order valence-electron chi connectivity index (χ4n) is 2.15. The lowest BCUT2D eigenvalue weighted by Gasteiger charge is -2.13. The van der Waals surface area contributed by atoms with E-state index in [1.54, 1.807) is 25.3 Å². The minimum Gasteiger partial charge on any atom is -0.493 e. The summed E-state index contributed by atoms with van der Waals surface area (Å²) in [6, 6.07) is 4.76. The number of benzene rings is 1. The van der Waals surface area contributed by atoms with Crippen LogP contribution in [0.5, 0.6) is 11.5 Å². The van der Waals surface area contributed by atoms with Gasteiger partial charge in [0.2, 0.25) is 5.89 Å². The van der Waals surface area contributed by atoms with Crippen molar-refractivity contribution in [2.45, 2.75) is 26.3 Å². The second kappa shape index (κ2) is 7.83. The number of carbonyl (C=O) groups excluding carboxylic acids is 1. The SMILES string of the molecule is CCC(C)C(N)c1nc(C(=O)Nc2ccc(OC)c(OC)c2)co1. The number of nitrogens with zero attached hydrogens (tertiary/aromatic N) is 1. The third-order valence-electron chi connectivity index (χ3n) is 3.94. The molecule has 0 bridgehead atoms. The number of carbonyl (C=O) groups is 1. The predicted octanol–water partition coefficient (Wildman–Crippen LogP) is 2.99. The summed E-state index contributed by atoms with van der Waals surface area (Å²) in [6.07, 6.45) is 2.21. The quantitative estimate of drug-likeness (QED) is 0.808. The Balaban J connectivity index is 2.12. The fraction of sp³-hybridized carbons (Fsp3) is 0.412. The summed E-state index contributed by atoms with van der Waals surface area (Å²) in [4.78, 5) is 16.5. The molecule has 1 amide bonds. The van der Waals surface area contributed by atoms with Crippen molar-refractivity contribution in [2.75, 3.05) is 19.5 Å². The van der Waals surface area contributed by atoms with Crippen LogP contribution in [0.15, 0.2) is 28.9 Å². The van der Waals surface area contributed by atoms with E-state index in [-0.39, 0.29) is 23.6 Å². The van der Waals surface area contributed by atoms with Crippen LogP contribution in [0.4, 0.5) is 5.69 Å². The average Bonchev–Trinajstić information content (AvgIpc) is 3.10. The first-order valence-electron chi connectivity index (χ1n) is 7.74. The highest BCUT2D eigenvalue weighted by atomic mass is 16.5. The molecular weight excluding hydrogens is 310 g/mol. The standard InChI is InChI=1S/C17H23N3O4/c1-5-10(2)15(18)17-20-12(9-24-17)16(21)19-11-6-7-13(22-3)14(8-11)23-4/h6-10,15H,5,18H2,1-4H3,(H,19,21). The minimum atomic E-state index is -0.381. The number of amides is 1. The highest BCUT2D eigenvalue weighted by Crippen LogP contribution is 2.30. The van der Waals surface area contributed by atoms with Gasteiger partial charge in [-0.1, -0.05) is 20.3 Å². The summed E-state index contributed by atoms with van der Waals surface area (Å²) in [7, 11) is 3.08. The third kappa shape index (κ3) is 3.86. The topological polar surface area (TPSA) is 99.6 Å². The number of hydrogen-bond donors (Lipinski definition) is 2. The van der Waals surface area contributed by atoms with Gasteiger partial charge in [0.15, 0.2) is 17.2 Å². The molecule has 7 nitrogen and oxygen atoms in total. The molecule has 0 aliphatic heterocycles. The molecule has 0 aliphatic rings. The molecule has 0 spiro atoms. The summed E-state index contributed by atoms with van der Waals surface area (Å²) in [5.74, 6) is 1.30. The molecule has 1 aromatic heterocycles. The van der Waals surface area contributed by atoms with Gasteiger partial charge in [-0.3, -0.25) is 4.79 Å². The minimum absolute atomic E-state index is 0.179. The summed E-state index contributed by atoms with van der Waals surface area (Å²) in [6.45, 7) is 4.05. The van der Waals surface area contributed by atoms with Crippen molar-refractivity contribution in [1.82, 2.24) is 4.98 Å². The van der Waals surface area contributed by atoms with Crippen molar-refractivity contribution in [3.63, 3.8) is 0 Å². The van der Waals surface area contributed by atoms with Gasteiger partial charge in [0, 0.05) is 11.8 Å². The Kier molecular flexibility index (Phi) is 5.81. The Labute approximate surface area is 141 Å². The first kappa shape index (κ1) is 17.8. The zero-order valence-corrected chi connectivity index (χ0v) is 14.3. The number of ether oxygens (including phenoxy) is 2. The molecule has 7 heteroatoms. The molecule has 0 saturated heterocycles. The van der Waals surface area contributed by atoms with Gasteiger partial charge in [-0.05, 0) is 18.1 Å². The van der Waals surface area contributed by atoms with Gasteiger partial charge in [-0.25, -0.2) is 4.98 Å². The van der Waals surface area contributed by atoms with E-state index in [2.05, 4.69) is 10.3 Å². The van der Waals surface area contributed by atoms with E-state index in [0.29, 0.717) is 23.1 Å². The van der Waals surface area contributed by atoms with E-state index in [0.717, 1.165) is 6.42 Å². The molecule has 1 heterocycles. The molecule has 0 fully saturated rings. The molecule has 130 valence electrons. The number of hydrogen-bond acceptors (Lipinski definition) is 6. The first-order chi connectivity index (χ1) is 11.5. The zero-order chi connectivity index (χ0) is 17.7. The van der Waals surface area contributed by atoms with Crippen molar-refractivity contribution in [3.8, 4) is 11.5 Å². The average molecular weight is 333 g/mol. The normalized spacial score (nSPS) is 13.2. The summed E-state index contributed by atoms with van der Waals surface area (Å²) in [5, 5.41) is 2.74. The van der Waals surface area contributed by atoms with Crippen LogP contribution in [0, 0.1) is 5.92 Å². The van der Waals surface area contributed by atoms with Crippen LogP contribution in [0.25, 0.3) is 0 Å². The lowest BCUT2D eigenvalue weighted by Crippen LogP contribution is -2.19. The maximum absolute atomic E-state index is 12.3. The van der Waals surface area contributed by atoms with Crippen LogP contribution in [0.1, 0.15) is 42.7 Å². The van der Waals surface area contributed by atoms with E-state index < -0.39 is 0 Å². The molecule has 2 atom stereocenters. The van der Waals surface area contributed by atoms with E-state index >= 15 is 0 Å². The molecule has 3 N–H and O–H groups in total. The molecule has 2 rings (SSSR count). The van der Waals surface area contributed by atoms with Crippen molar-refractivity contribution < 1.29 is 18.7 Å². The van der Waals surface area contributed by atoms with Crippen LogP contribution >= 0.6 is 0 Å². The summed E-state index contributed by atoms with van der Waals surface area (Å²) < 4.78 is 15.7. The van der Waals surface area contributed by atoms with Gasteiger partial charge in [-0.2, -0.15) is 0 Å². The molecular formula is C17H23N3O4. The fourth-order valence-corrected chi connectivity index (χ4v) is 2.15. The Morgan fingerprint density at radius 3 is 2.67 bits per heavy atom. The van der Waals surface area contributed by atoms with E-state index in [1.165, 1.54) is 13.4 Å². The van der Waals surface area contributed by atoms with Gasteiger partial charge < -0.3 is 24.9 Å². The molecule has 1 aromatic carbocycles. The second-order valence-corrected chi connectivity index (χ2v) is 5.51. The molecule has 2 aromatic rings. The van der Waals surface area contributed by atoms with Gasteiger partial charge >= 0.3 is 0 Å². The first-order valence-corrected chi connectivity index (χ1v) is 7.74. The smallest absolute Gasteiger partial charge is 0.277 e. The molecule has 0 saturated carbocycles. The maximum atomic E-state index is 12.3. The molecule has 24 heavy (non-hydrogen) atoms. The Bertz CT molecular complexity index is 699. The van der Waals surface area contributed by atoms with Gasteiger partial charge in [0.05, 0.1) is 20.3 Å². The van der Waals surface area contributed by atoms with Crippen molar-refractivity contribution in [2.24, 2.45) is 11.7 Å². The largest absolute Gasteiger partial charge is 0.493 e. The van der Waals surface area contributed by atoms with E-state index in [1.807, 2.05) is 13.8 Å². The van der Waals surface area contributed by atoms with Crippen LogP contribution < -0.4 is 20.5 Å². The molecule has 2 unspecified atom stereocenters. The van der Waals surface area contributed by atoms with Crippen LogP contribution in [0.3, 0.4) is 0 Å². The Hall–Kier alpha value is -2.54. The molecule has 0 aliphatic carbocycles. The highest BCUT2D eigenvalue weighted by molar-refractivity contribution is 6.02. The van der Waals surface area contributed by atoms with Gasteiger partial charge in [0.25, 0.3) is 5.91 Å². The number of oxazole rings is 1. The number of rotatable bonds is 7. The van der Waals surface area contributed by atoms with Crippen LogP contribution in [0.2, 0.25) is 0 Å². The third-order valence-corrected chi connectivity index (χ3v) is 3.94. The van der Waals surface area contributed by atoms with Crippen molar-refractivity contribution in [1.29, 1.82) is 0 Å². The number of aromatic nitrogens is 1. The summed E-state index contributed by atoms with van der Waals surface area (Å²) in [5.41, 5.74) is 6.81. The number of nitrogens with two attached hydrogens (primary N) is 1. The predicted molar refractivity (Wildman–Crippen MR) is 90.4 cm³/mol. The van der Waals surface area contributed by atoms with Crippen LogP contribution in [-0.2, 0) is 0 Å². The number of anilines is 1. The van der Waals surface area contributed by atoms with Crippen LogP contribution in [-0.4, -0.2) is 25.1 Å². The van der Waals surface area contributed by atoms with Gasteiger partial charge in [-0.15, -0.1) is 0 Å². The second-order valence-electron chi connectivity index (χ2n) is 5.51. The number of methoxy groups -OCH3 is 2. The van der Waals surface area contributed by atoms with E-state index in [4.69, 9.17) is 19.6 Å². The Morgan fingerprint density at radius 2 is 2.04 bits per heavy atom. The lowest BCUT2D eigenvalue weighted by atomic mass is 10.0. The summed E-state index contributed by atoms with van der Waals surface area (Å²) >= 11 is 0. The van der Waals surface area contributed by atoms with E-state index in [9.17, 15) is 4.79 Å². The Morgan fingerprint density at radius 1 is 1.33 bits per heavy atom. The maximum Gasteiger partial charge on any atom is 0.277 e. The van der Waals surface area contributed by atoms with Gasteiger partial charge in [0.1, 0.15) is 6.26 Å².